The van der Waals surface area contributed by atoms with Crippen LogP contribution in [-0.2, 0) is 19.1 Å². The predicted molar refractivity (Wildman–Crippen MR) is 81.3 cm³/mol. The van der Waals surface area contributed by atoms with E-state index in [-0.39, 0.29) is 13.0 Å². The Kier molecular flexibility index (Phi) is 4.98. The van der Waals surface area contributed by atoms with Gasteiger partial charge in [0.15, 0.2) is 6.23 Å². The molecule has 0 aromatic heterocycles. The molecule has 2 aliphatic heterocycles. The standard InChI is InChI=1S/C16H17N2O7/c19-11-6-12(20)18(8-17-11)15-14(22)13(21)10(25-15)7-24-16(23)9-4-2-1-3-5-9/h1-5,8,10,13-15,21-22H,6-7H2,(H,17,19)/t10-,13-,14-,15-/m1/s1. The third-order valence-corrected chi connectivity index (χ3v) is 3.96. The molecule has 0 spiro atoms. The second-order valence-corrected chi connectivity index (χ2v) is 5.69. The summed E-state index contributed by atoms with van der Waals surface area (Å²) in [6.45, 7) is 0.796. The smallest absolute Gasteiger partial charge is 0.338 e. The number of carbonyl (C=O) groups excluding carboxylic acids is 3. The Hall–Kier alpha value is -2.49. The van der Waals surface area contributed by atoms with Gasteiger partial charge >= 0.3 is 5.97 Å². The normalized spacial score (nSPS) is 29.4. The molecule has 3 rings (SSSR count). The molecule has 4 atom stereocenters. The summed E-state index contributed by atoms with van der Waals surface area (Å²) < 4.78 is 10.6. The summed E-state index contributed by atoms with van der Waals surface area (Å²) in [6.07, 6.45) is -5.33. The average molecular weight is 349 g/mol. The summed E-state index contributed by atoms with van der Waals surface area (Å²) in [7, 11) is 0. The van der Waals surface area contributed by atoms with Crippen LogP contribution in [0.25, 0.3) is 0 Å². The van der Waals surface area contributed by atoms with Gasteiger partial charge in [-0.1, -0.05) is 18.2 Å². The van der Waals surface area contributed by atoms with Gasteiger partial charge in [0.2, 0.25) is 11.8 Å². The van der Waals surface area contributed by atoms with Crippen molar-refractivity contribution in [3.05, 3.63) is 42.6 Å². The maximum absolute atomic E-state index is 11.9. The van der Waals surface area contributed by atoms with Crippen LogP contribution in [0.4, 0.5) is 0 Å². The molecule has 1 aromatic carbocycles. The fourth-order valence-electron chi connectivity index (χ4n) is 2.62. The average Bonchev–Trinajstić information content (AvgIpc) is 2.89. The van der Waals surface area contributed by atoms with Crippen LogP contribution in [-0.4, -0.2) is 64.0 Å². The number of carbonyl (C=O) groups is 3. The highest BCUT2D eigenvalue weighted by atomic mass is 16.6. The molecule has 9 heteroatoms. The number of amides is 2. The van der Waals surface area contributed by atoms with Crippen LogP contribution in [0.5, 0.6) is 0 Å². The van der Waals surface area contributed by atoms with Gasteiger partial charge < -0.3 is 25.0 Å². The van der Waals surface area contributed by atoms with Crippen LogP contribution < -0.4 is 5.32 Å². The molecule has 1 radical (unpaired) electrons. The number of rotatable bonds is 4. The molecular weight excluding hydrogens is 332 g/mol. The molecule has 2 aliphatic rings. The van der Waals surface area contributed by atoms with Crippen molar-refractivity contribution in [3.63, 3.8) is 0 Å². The van der Waals surface area contributed by atoms with Crippen LogP contribution in [0.3, 0.4) is 0 Å². The van der Waals surface area contributed by atoms with E-state index in [1.807, 2.05) is 0 Å². The Labute approximate surface area is 143 Å². The SMILES string of the molecule is O=C1CC(=O)N([C@@H]2O[C@H](COC(=O)c3ccccc3)[C@@H](O)[C@H]2O)[CH]N1. The van der Waals surface area contributed by atoms with Gasteiger partial charge in [-0.25, -0.2) is 4.79 Å². The van der Waals surface area contributed by atoms with E-state index in [0.29, 0.717) is 5.56 Å². The van der Waals surface area contributed by atoms with Crippen LogP contribution in [0, 0.1) is 6.67 Å². The highest BCUT2D eigenvalue weighted by Crippen LogP contribution is 2.26. The van der Waals surface area contributed by atoms with E-state index in [9.17, 15) is 24.6 Å². The highest BCUT2D eigenvalue weighted by Gasteiger charge is 2.48. The van der Waals surface area contributed by atoms with Gasteiger partial charge in [0.05, 0.1) is 5.56 Å². The van der Waals surface area contributed by atoms with Gasteiger partial charge in [-0.2, -0.15) is 0 Å². The Morgan fingerprint density at radius 2 is 1.96 bits per heavy atom. The lowest BCUT2D eigenvalue weighted by Gasteiger charge is -2.32. The molecule has 1 aromatic rings. The van der Waals surface area contributed by atoms with Crippen LogP contribution in [0.2, 0.25) is 0 Å². The second-order valence-electron chi connectivity index (χ2n) is 5.69. The lowest BCUT2D eigenvalue weighted by Crippen LogP contribution is -2.53. The van der Waals surface area contributed by atoms with E-state index in [0.717, 1.165) is 11.6 Å². The maximum atomic E-state index is 11.9. The Balaban J connectivity index is 1.59. The van der Waals surface area contributed by atoms with Crippen molar-refractivity contribution in [3.8, 4) is 0 Å². The fraction of sp³-hybridized carbons (Fsp3) is 0.375. The van der Waals surface area contributed by atoms with Crippen molar-refractivity contribution in [2.45, 2.75) is 31.0 Å². The molecule has 2 saturated heterocycles. The van der Waals surface area contributed by atoms with E-state index in [1.54, 1.807) is 30.3 Å². The molecule has 0 bridgehead atoms. The first-order valence-corrected chi connectivity index (χ1v) is 7.65. The molecule has 0 unspecified atom stereocenters. The quantitative estimate of drug-likeness (QED) is 0.458. The molecule has 2 amide bonds. The number of nitrogens with zero attached hydrogens (tertiary/aromatic N) is 1. The van der Waals surface area contributed by atoms with Gasteiger partial charge in [-0.05, 0) is 12.1 Å². The number of ether oxygens (including phenoxy) is 2. The monoisotopic (exact) mass is 349 g/mol. The number of esters is 1. The molecule has 0 aliphatic carbocycles. The van der Waals surface area contributed by atoms with Crippen LogP contribution in [0.1, 0.15) is 16.8 Å². The van der Waals surface area contributed by atoms with Gasteiger partial charge in [0.25, 0.3) is 0 Å². The Morgan fingerprint density at radius 3 is 2.64 bits per heavy atom. The number of nitrogens with one attached hydrogen (secondary N) is 1. The van der Waals surface area contributed by atoms with Gasteiger partial charge in [-0.3, -0.25) is 14.5 Å². The minimum absolute atomic E-state index is 0.295. The summed E-state index contributed by atoms with van der Waals surface area (Å²) in [5.74, 6) is -1.63. The molecule has 2 heterocycles. The van der Waals surface area contributed by atoms with E-state index < -0.39 is 42.3 Å². The first-order chi connectivity index (χ1) is 12.0. The number of hydrogen-bond donors (Lipinski definition) is 3. The third-order valence-electron chi connectivity index (χ3n) is 3.96. The van der Waals surface area contributed by atoms with Crippen LogP contribution >= 0.6 is 0 Å². The molecule has 9 nitrogen and oxygen atoms in total. The van der Waals surface area contributed by atoms with Gasteiger partial charge in [0, 0.05) is 0 Å². The minimum Gasteiger partial charge on any atom is -0.459 e. The summed E-state index contributed by atoms with van der Waals surface area (Å²) in [5.41, 5.74) is 0.342. The number of hydrogen-bond acceptors (Lipinski definition) is 7. The first-order valence-electron chi connectivity index (χ1n) is 7.65. The Bertz CT molecular complexity index is 666. The van der Waals surface area contributed by atoms with Gasteiger partial charge in [0.1, 0.15) is 38.0 Å². The fourth-order valence-corrected chi connectivity index (χ4v) is 2.62. The predicted octanol–water partition coefficient (Wildman–Crippen LogP) is -1.24. The van der Waals surface area contributed by atoms with Crippen molar-refractivity contribution in [1.82, 2.24) is 10.2 Å². The second kappa shape index (κ2) is 7.18. The summed E-state index contributed by atoms with van der Waals surface area (Å²) >= 11 is 0. The molecular formula is C16H17N2O7. The molecule has 2 fully saturated rings. The van der Waals surface area contributed by atoms with Crippen molar-refractivity contribution in [2.24, 2.45) is 0 Å². The summed E-state index contributed by atoms with van der Waals surface area (Å²) in [5, 5.41) is 22.5. The maximum Gasteiger partial charge on any atom is 0.338 e. The Morgan fingerprint density at radius 1 is 1.24 bits per heavy atom. The zero-order chi connectivity index (χ0) is 18.0. The summed E-state index contributed by atoms with van der Waals surface area (Å²) in [6, 6.07) is 8.28. The van der Waals surface area contributed by atoms with Crippen molar-refractivity contribution in [1.29, 1.82) is 0 Å². The topological polar surface area (TPSA) is 125 Å². The van der Waals surface area contributed by atoms with E-state index in [4.69, 9.17) is 9.47 Å². The number of aliphatic hydroxyl groups excluding tert-OH is 2. The summed E-state index contributed by atoms with van der Waals surface area (Å²) in [4.78, 5) is 36.0. The first kappa shape index (κ1) is 17.3. The van der Waals surface area contributed by atoms with Crippen LogP contribution in [0.15, 0.2) is 30.3 Å². The van der Waals surface area contributed by atoms with E-state index in [2.05, 4.69) is 5.32 Å². The lowest BCUT2D eigenvalue weighted by molar-refractivity contribution is -0.155. The largest absolute Gasteiger partial charge is 0.459 e. The molecule has 0 saturated carbocycles. The third kappa shape index (κ3) is 3.63. The lowest BCUT2D eigenvalue weighted by atomic mass is 10.1. The number of benzene rings is 1. The van der Waals surface area contributed by atoms with Crippen molar-refractivity contribution >= 4 is 17.8 Å². The highest BCUT2D eigenvalue weighted by molar-refractivity contribution is 5.99. The van der Waals surface area contributed by atoms with Crippen molar-refractivity contribution < 1.29 is 34.1 Å². The zero-order valence-corrected chi connectivity index (χ0v) is 13.1. The van der Waals surface area contributed by atoms with Crippen molar-refractivity contribution in [2.75, 3.05) is 6.61 Å². The number of aliphatic hydroxyl groups is 2. The van der Waals surface area contributed by atoms with E-state index in [1.165, 1.54) is 0 Å². The van der Waals surface area contributed by atoms with Gasteiger partial charge in [-0.15, -0.1) is 0 Å². The molecule has 133 valence electrons. The van der Waals surface area contributed by atoms with E-state index >= 15 is 0 Å². The zero-order valence-electron chi connectivity index (χ0n) is 13.1. The molecule has 25 heavy (non-hydrogen) atoms. The molecule has 3 N–H and O–H groups in total. The minimum atomic E-state index is -1.41.